The van der Waals surface area contributed by atoms with Gasteiger partial charge in [0.15, 0.2) is 5.82 Å². The molecule has 12 aromatic rings. The first-order valence-electron chi connectivity index (χ1n) is 20.8. The van der Waals surface area contributed by atoms with Crippen LogP contribution in [0.5, 0.6) is 0 Å². The number of rotatable bonds is 7. The van der Waals surface area contributed by atoms with E-state index < -0.39 is 0 Å². The lowest BCUT2D eigenvalue weighted by molar-refractivity contribution is 0.636. The number of pyridine rings is 1. The molecule has 0 atom stereocenters. The Kier molecular flexibility index (Phi) is 8.65. The van der Waals surface area contributed by atoms with Crippen molar-refractivity contribution in [2.24, 2.45) is 0 Å². The molecule has 0 amide bonds. The molecule has 5 heteroatoms. The Bertz CT molecular complexity index is 3610. The largest absolute Gasteiger partial charge is 0.455 e. The Balaban J connectivity index is 1.07. The Morgan fingerprint density at radius 3 is 1.74 bits per heavy atom. The van der Waals surface area contributed by atoms with Crippen LogP contribution in [0.4, 0.5) is 0 Å². The highest BCUT2D eigenvalue weighted by Gasteiger charge is 2.26. The van der Waals surface area contributed by atoms with Gasteiger partial charge in [-0.2, -0.15) is 0 Å². The van der Waals surface area contributed by atoms with Crippen molar-refractivity contribution in [2.75, 3.05) is 0 Å². The minimum Gasteiger partial charge on any atom is -0.455 e. The SMILES string of the molecule is c1ccc(-c2cccc(-c3cc(-c4ccc(-c5c(-c6cccc7c6sc6ccccc67)oc6c5c(-c5ccccc5)nc5ccccc56)cc4)nc(-c4ccccc4)n3)c2)cc1. The topological polar surface area (TPSA) is 51.8 Å². The van der Waals surface area contributed by atoms with Crippen LogP contribution >= 0.6 is 11.3 Å². The van der Waals surface area contributed by atoms with Crippen LogP contribution in [0.15, 0.2) is 217 Å². The van der Waals surface area contributed by atoms with Crippen LogP contribution in [0.1, 0.15) is 0 Å². The molecule has 12 rings (SSSR count). The molecule has 8 aromatic carbocycles. The van der Waals surface area contributed by atoms with E-state index in [1.807, 2.05) is 47.7 Å². The van der Waals surface area contributed by atoms with Gasteiger partial charge in [0.2, 0.25) is 0 Å². The number of aromatic nitrogens is 3. The number of hydrogen-bond acceptors (Lipinski definition) is 5. The molecule has 0 saturated heterocycles. The smallest absolute Gasteiger partial charge is 0.160 e. The maximum Gasteiger partial charge on any atom is 0.160 e. The van der Waals surface area contributed by atoms with Crippen molar-refractivity contribution >= 4 is 53.4 Å². The summed E-state index contributed by atoms with van der Waals surface area (Å²) in [5, 5.41) is 4.44. The average Bonchev–Trinajstić information content (AvgIpc) is 3.95. The molecule has 62 heavy (non-hydrogen) atoms. The van der Waals surface area contributed by atoms with E-state index in [2.05, 4.69) is 176 Å². The molecule has 4 heterocycles. The third-order valence-corrected chi connectivity index (χ3v) is 12.9. The molecule has 0 saturated carbocycles. The third-order valence-electron chi connectivity index (χ3n) is 11.7. The van der Waals surface area contributed by atoms with E-state index >= 15 is 0 Å². The molecule has 4 nitrogen and oxygen atoms in total. The summed E-state index contributed by atoms with van der Waals surface area (Å²) in [5.74, 6) is 1.51. The van der Waals surface area contributed by atoms with Gasteiger partial charge in [-0.25, -0.2) is 15.0 Å². The zero-order valence-electron chi connectivity index (χ0n) is 33.4. The number of benzene rings is 8. The summed E-state index contributed by atoms with van der Waals surface area (Å²) in [6, 6.07) is 74.1. The zero-order chi connectivity index (χ0) is 41.0. The fourth-order valence-electron chi connectivity index (χ4n) is 8.74. The van der Waals surface area contributed by atoms with E-state index in [0.717, 1.165) is 94.8 Å². The molecule has 290 valence electrons. The highest BCUT2D eigenvalue weighted by Crippen LogP contribution is 2.50. The van der Waals surface area contributed by atoms with Gasteiger partial charge in [0, 0.05) is 58.9 Å². The van der Waals surface area contributed by atoms with Crippen LogP contribution in [-0.2, 0) is 0 Å². The van der Waals surface area contributed by atoms with Crippen LogP contribution in [0.3, 0.4) is 0 Å². The normalized spacial score (nSPS) is 11.5. The van der Waals surface area contributed by atoms with E-state index in [4.69, 9.17) is 19.4 Å². The Labute approximate surface area is 362 Å². The summed E-state index contributed by atoms with van der Waals surface area (Å²) in [5.41, 5.74) is 13.7. The second kappa shape index (κ2) is 14.9. The summed E-state index contributed by atoms with van der Waals surface area (Å²) >= 11 is 1.81. The first kappa shape index (κ1) is 35.9. The third kappa shape index (κ3) is 6.18. The van der Waals surface area contributed by atoms with Gasteiger partial charge in [0.1, 0.15) is 11.3 Å². The molecule has 0 spiro atoms. The molecule has 0 aliphatic carbocycles. The zero-order valence-corrected chi connectivity index (χ0v) is 34.2. The standard InChI is InChI=1S/C57H35N3OS/c1-4-16-36(17-5-1)41-22-14-23-42(34-41)49-35-48(59-57(60-49)40-20-8-3-9-21-40)37-30-32-38(33-31-37)51-52-53(39-18-6-2-7-19-39)58-47-28-12-10-25-45(47)54(52)61-55(51)46-27-15-26-44-43-24-11-13-29-50(43)62-56(44)46/h1-35H. The van der Waals surface area contributed by atoms with Crippen molar-refractivity contribution in [3.8, 4) is 78.7 Å². The van der Waals surface area contributed by atoms with Gasteiger partial charge in [-0.3, -0.25) is 0 Å². The van der Waals surface area contributed by atoms with Crippen molar-refractivity contribution in [1.82, 2.24) is 15.0 Å². The van der Waals surface area contributed by atoms with Crippen LogP contribution in [0, 0.1) is 0 Å². The predicted octanol–water partition coefficient (Wildman–Crippen LogP) is 15.8. The Morgan fingerprint density at radius 2 is 0.968 bits per heavy atom. The van der Waals surface area contributed by atoms with Crippen molar-refractivity contribution in [3.63, 3.8) is 0 Å². The molecule has 0 aliphatic heterocycles. The van der Waals surface area contributed by atoms with Gasteiger partial charge in [-0.05, 0) is 53.1 Å². The van der Waals surface area contributed by atoms with Gasteiger partial charge in [-0.1, -0.05) is 176 Å². The van der Waals surface area contributed by atoms with Crippen molar-refractivity contribution in [1.29, 1.82) is 0 Å². The van der Waals surface area contributed by atoms with Gasteiger partial charge in [-0.15, -0.1) is 11.3 Å². The maximum atomic E-state index is 7.25. The first-order chi connectivity index (χ1) is 30.7. The lowest BCUT2D eigenvalue weighted by Crippen LogP contribution is -1.96. The van der Waals surface area contributed by atoms with E-state index in [0.29, 0.717) is 5.82 Å². The lowest BCUT2D eigenvalue weighted by Gasteiger charge is -2.12. The van der Waals surface area contributed by atoms with Crippen molar-refractivity contribution in [3.05, 3.63) is 212 Å². The molecule has 0 N–H and O–H groups in total. The van der Waals surface area contributed by atoms with E-state index in [-0.39, 0.29) is 0 Å². The molecule has 0 fully saturated rings. The van der Waals surface area contributed by atoms with Crippen LogP contribution in [0.2, 0.25) is 0 Å². The number of para-hydroxylation sites is 1. The lowest BCUT2D eigenvalue weighted by atomic mass is 9.93. The van der Waals surface area contributed by atoms with E-state index in [9.17, 15) is 0 Å². The summed E-state index contributed by atoms with van der Waals surface area (Å²) in [4.78, 5) is 15.7. The van der Waals surface area contributed by atoms with Gasteiger partial charge in [0.25, 0.3) is 0 Å². The molecular weight excluding hydrogens is 775 g/mol. The molecular formula is C57H35N3OS. The van der Waals surface area contributed by atoms with Crippen LogP contribution in [-0.4, -0.2) is 15.0 Å². The van der Waals surface area contributed by atoms with Crippen LogP contribution in [0.25, 0.3) is 121 Å². The Hall–Kier alpha value is -7.99. The average molecular weight is 810 g/mol. The van der Waals surface area contributed by atoms with Crippen LogP contribution < -0.4 is 0 Å². The highest BCUT2D eigenvalue weighted by molar-refractivity contribution is 7.26. The monoisotopic (exact) mass is 809 g/mol. The molecule has 0 aliphatic rings. The molecule has 0 bridgehead atoms. The van der Waals surface area contributed by atoms with Gasteiger partial charge in [0.05, 0.1) is 28.0 Å². The molecule has 0 unspecified atom stereocenters. The van der Waals surface area contributed by atoms with Gasteiger partial charge >= 0.3 is 0 Å². The quantitative estimate of drug-likeness (QED) is 0.161. The summed E-state index contributed by atoms with van der Waals surface area (Å²) in [7, 11) is 0. The van der Waals surface area contributed by atoms with Gasteiger partial charge < -0.3 is 4.42 Å². The number of nitrogens with zero attached hydrogens (tertiary/aromatic N) is 3. The minimum absolute atomic E-state index is 0.678. The van der Waals surface area contributed by atoms with Crippen molar-refractivity contribution < 1.29 is 4.42 Å². The second-order valence-electron chi connectivity index (χ2n) is 15.5. The summed E-state index contributed by atoms with van der Waals surface area (Å²) < 4.78 is 9.70. The minimum atomic E-state index is 0.678. The number of furan rings is 1. The maximum absolute atomic E-state index is 7.25. The molecule has 0 radical (unpaired) electrons. The molecule has 4 aromatic heterocycles. The fourth-order valence-corrected chi connectivity index (χ4v) is 9.95. The summed E-state index contributed by atoms with van der Waals surface area (Å²) in [6.45, 7) is 0. The van der Waals surface area contributed by atoms with Crippen molar-refractivity contribution in [2.45, 2.75) is 0 Å². The second-order valence-corrected chi connectivity index (χ2v) is 16.5. The summed E-state index contributed by atoms with van der Waals surface area (Å²) in [6.07, 6.45) is 0. The number of fused-ring (bicyclic) bond motifs is 6. The Morgan fingerprint density at radius 1 is 0.387 bits per heavy atom. The first-order valence-corrected chi connectivity index (χ1v) is 21.6. The fraction of sp³-hybridized carbons (Fsp3) is 0. The van der Waals surface area contributed by atoms with E-state index in [1.165, 1.54) is 20.2 Å². The number of thiophene rings is 1. The predicted molar refractivity (Wildman–Crippen MR) is 258 cm³/mol. The highest BCUT2D eigenvalue weighted by atomic mass is 32.1. The number of hydrogen-bond donors (Lipinski definition) is 0. The van der Waals surface area contributed by atoms with E-state index in [1.54, 1.807) is 0 Å².